The number of piperidine rings is 1. The zero-order chi connectivity index (χ0) is 8.55. The van der Waals surface area contributed by atoms with E-state index in [0.29, 0.717) is 0 Å². The lowest BCUT2D eigenvalue weighted by molar-refractivity contribution is 0.108. The minimum atomic E-state index is 0.821. The lowest BCUT2D eigenvalue weighted by Gasteiger charge is -2.41. The van der Waals surface area contributed by atoms with E-state index in [4.69, 9.17) is 0 Å². The minimum Gasteiger partial charge on any atom is -0.306 e. The number of nitrogens with zero attached hydrogens (tertiary/aromatic N) is 1. The van der Waals surface area contributed by atoms with Crippen molar-refractivity contribution < 1.29 is 0 Å². The molecule has 0 aromatic rings. The monoisotopic (exact) mass is 231 g/mol. The highest BCUT2D eigenvalue weighted by Crippen LogP contribution is 2.38. The molecule has 2 rings (SSSR count). The Balaban J connectivity index is 1.94. The van der Waals surface area contributed by atoms with Crippen molar-refractivity contribution >= 4 is 15.9 Å². The smallest absolute Gasteiger partial charge is 0.0148 e. The molecule has 0 radical (unpaired) electrons. The zero-order valence-electron chi connectivity index (χ0n) is 7.80. The fraction of sp³-hybridized carbons (Fsp3) is 1.00. The van der Waals surface area contributed by atoms with Crippen molar-refractivity contribution in [2.45, 2.75) is 30.5 Å². The summed E-state index contributed by atoms with van der Waals surface area (Å²) in [5.41, 5.74) is 0. The van der Waals surface area contributed by atoms with E-state index in [1.165, 1.54) is 38.8 Å². The summed E-state index contributed by atoms with van der Waals surface area (Å²) in [5, 5.41) is 0. The van der Waals surface area contributed by atoms with Crippen molar-refractivity contribution in [1.29, 1.82) is 0 Å². The second kappa shape index (κ2) is 3.67. The Kier molecular flexibility index (Phi) is 2.75. The lowest BCUT2D eigenvalue weighted by atomic mass is 9.75. The van der Waals surface area contributed by atoms with E-state index < -0.39 is 0 Å². The maximum Gasteiger partial charge on any atom is 0.0148 e. The maximum absolute atomic E-state index is 3.75. The first-order chi connectivity index (χ1) is 5.75. The van der Waals surface area contributed by atoms with Gasteiger partial charge in [0.15, 0.2) is 0 Å². The molecule has 1 heterocycles. The number of hydrogen-bond acceptors (Lipinski definition) is 1. The molecule has 0 spiro atoms. The highest BCUT2D eigenvalue weighted by atomic mass is 79.9. The largest absolute Gasteiger partial charge is 0.306 e. The summed E-state index contributed by atoms with van der Waals surface area (Å²) >= 11 is 3.75. The number of hydrogen-bond donors (Lipinski definition) is 0. The third-order valence-corrected chi connectivity index (χ3v) is 4.34. The van der Waals surface area contributed by atoms with Gasteiger partial charge in [-0.3, -0.25) is 0 Å². The summed E-state index contributed by atoms with van der Waals surface area (Å²) in [6.07, 6.45) is 5.71. The summed E-state index contributed by atoms with van der Waals surface area (Å²) in [7, 11) is 2.26. The average molecular weight is 232 g/mol. The van der Waals surface area contributed by atoms with Crippen LogP contribution in [0.2, 0.25) is 0 Å². The Morgan fingerprint density at radius 1 is 1.17 bits per heavy atom. The molecule has 1 nitrogen and oxygen atoms in total. The van der Waals surface area contributed by atoms with Crippen LogP contribution in [0, 0.1) is 11.8 Å². The van der Waals surface area contributed by atoms with Crippen LogP contribution in [-0.2, 0) is 0 Å². The van der Waals surface area contributed by atoms with Crippen LogP contribution in [0.25, 0.3) is 0 Å². The molecule has 1 aliphatic heterocycles. The molecule has 3 atom stereocenters. The van der Waals surface area contributed by atoms with Crippen LogP contribution in [-0.4, -0.2) is 29.9 Å². The van der Waals surface area contributed by atoms with Gasteiger partial charge in [-0.2, -0.15) is 0 Å². The first kappa shape index (κ1) is 9.01. The van der Waals surface area contributed by atoms with Crippen LogP contribution < -0.4 is 0 Å². The van der Waals surface area contributed by atoms with Crippen molar-refractivity contribution in [2.75, 3.05) is 20.1 Å². The van der Waals surface area contributed by atoms with E-state index in [2.05, 4.69) is 27.9 Å². The molecule has 0 unspecified atom stereocenters. The van der Waals surface area contributed by atoms with E-state index in [1.807, 2.05) is 0 Å². The predicted octanol–water partition coefficient (Wildman–Crippen LogP) is 2.50. The fourth-order valence-corrected chi connectivity index (χ4v) is 3.49. The van der Waals surface area contributed by atoms with E-state index in [9.17, 15) is 0 Å². The summed E-state index contributed by atoms with van der Waals surface area (Å²) in [5.74, 6) is 2.04. The molecule has 0 N–H and O–H groups in total. The average Bonchev–Trinajstić information content (AvgIpc) is 2.05. The molecule has 0 bridgehead atoms. The third-order valence-electron chi connectivity index (χ3n) is 3.50. The summed E-state index contributed by atoms with van der Waals surface area (Å²) in [6.45, 7) is 2.67. The van der Waals surface area contributed by atoms with Gasteiger partial charge in [-0.05, 0) is 51.1 Å². The zero-order valence-corrected chi connectivity index (χ0v) is 9.39. The van der Waals surface area contributed by atoms with Crippen LogP contribution in [0.3, 0.4) is 0 Å². The predicted molar refractivity (Wildman–Crippen MR) is 55.7 cm³/mol. The van der Waals surface area contributed by atoms with Gasteiger partial charge in [0.2, 0.25) is 0 Å². The van der Waals surface area contributed by atoms with Crippen LogP contribution in [0.1, 0.15) is 25.7 Å². The van der Waals surface area contributed by atoms with E-state index in [-0.39, 0.29) is 0 Å². The standard InChI is InChI=1S/C10H18BrN/c1-12-5-4-8-6-10(11)3-2-9(8)7-12/h8-10H,2-7H2,1H3/t8-,9-,10+/m1/s1. The fourth-order valence-electron chi connectivity index (χ4n) is 2.74. The Hall–Kier alpha value is 0.440. The second-order valence-corrected chi connectivity index (χ2v) is 5.78. The lowest BCUT2D eigenvalue weighted by Crippen LogP contribution is -2.41. The van der Waals surface area contributed by atoms with Crippen molar-refractivity contribution in [3.05, 3.63) is 0 Å². The molecular weight excluding hydrogens is 214 g/mol. The molecule has 0 aromatic carbocycles. The van der Waals surface area contributed by atoms with Crippen LogP contribution in [0.15, 0.2) is 0 Å². The quantitative estimate of drug-likeness (QED) is 0.580. The first-order valence-corrected chi connectivity index (χ1v) is 6.00. The number of alkyl halides is 1. The Morgan fingerprint density at radius 2 is 2.00 bits per heavy atom. The van der Waals surface area contributed by atoms with Crippen LogP contribution in [0.5, 0.6) is 0 Å². The van der Waals surface area contributed by atoms with Gasteiger partial charge in [-0.15, -0.1) is 0 Å². The van der Waals surface area contributed by atoms with E-state index >= 15 is 0 Å². The molecule has 1 saturated carbocycles. The Bertz CT molecular complexity index is 142. The summed E-state index contributed by atoms with van der Waals surface area (Å²) in [4.78, 5) is 3.32. The second-order valence-electron chi connectivity index (χ2n) is 4.48. The van der Waals surface area contributed by atoms with Crippen molar-refractivity contribution in [3.8, 4) is 0 Å². The van der Waals surface area contributed by atoms with Crippen molar-refractivity contribution in [1.82, 2.24) is 4.90 Å². The third kappa shape index (κ3) is 1.85. The van der Waals surface area contributed by atoms with Gasteiger partial charge in [-0.25, -0.2) is 0 Å². The molecule has 12 heavy (non-hydrogen) atoms. The highest BCUT2D eigenvalue weighted by molar-refractivity contribution is 9.09. The van der Waals surface area contributed by atoms with Crippen LogP contribution in [0.4, 0.5) is 0 Å². The molecule has 70 valence electrons. The molecule has 2 heteroatoms. The minimum absolute atomic E-state index is 0.821. The molecule has 0 aromatic heterocycles. The summed E-state index contributed by atoms with van der Waals surface area (Å²) < 4.78 is 0. The SMILES string of the molecule is CN1CC[C@@H]2C[C@@H](Br)CC[C@@H]2C1. The first-order valence-electron chi connectivity index (χ1n) is 5.08. The van der Waals surface area contributed by atoms with E-state index in [1.54, 1.807) is 0 Å². The van der Waals surface area contributed by atoms with Crippen molar-refractivity contribution in [3.63, 3.8) is 0 Å². The molecule has 2 fully saturated rings. The van der Waals surface area contributed by atoms with Gasteiger partial charge < -0.3 is 4.90 Å². The Labute approximate surface area is 83.6 Å². The van der Waals surface area contributed by atoms with Crippen molar-refractivity contribution in [2.24, 2.45) is 11.8 Å². The molecular formula is C10H18BrN. The molecule has 1 aliphatic carbocycles. The van der Waals surface area contributed by atoms with Gasteiger partial charge in [0.1, 0.15) is 0 Å². The molecule has 2 aliphatic rings. The van der Waals surface area contributed by atoms with Gasteiger partial charge in [0.25, 0.3) is 0 Å². The number of likely N-dealkylation sites (tertiary alicyclic amines) is 1. The molecule has 1 saturated heterocycles. The topological polar surface area (TPSA) is 3.24 Å². The van der Waals surface area contributed by atoms with Crippen LogP contribution >= 0.6 is 15.9 Å². The van der Waals surface area contributed by atoms with E-state index in [0.717, 1.165) is 16.7 Å². The molecule has 0 amide bonds. The van der Waals surface area contributed by atoms with Gasteiger partial charge in [0, 0.05) is 11.4 Å². The Morgan fingerprint density at radius 3 is 2.83 bits per heavy atom. The van der Waals surface area contributed by atoms with Gasteiger partial charge >= 0.3 is 0 Å². The highest BCUT2D eigenvalue weighted by Gasteiger charge is 2.32. The van der Waals surface area contributed by atoms with Gasteiger partial charge in [0.05, 0.1) is 0 Å². The number of fused-ring (bicyclic) bond motifs is 1. The number of halogens is 1. The number of rotatable bonds is 0. The normalized spacial score (nSPS) is 44.0. The summed E-state index contributed by atoms with van der Waals surface area (Å²) in [6, 6.07) is 0. The van der Waals surface area contributed by atoms with Gasteiger partial charge in [-0.1, -0.05) is 15.9 Å². The maximum atomic E-state index is 3.75.